The molecule has 1 N–H and O–H groups in total. The van der Waals surface area contributed by atoms with Gasteiger partial charge in [0.15, 0.2) is 6.61 Å². The van der Waals surface area contributed by atoms with E-state index < -0.39 is 15.8 Å². The Morgan fingerprint density at radius 3 is 2.50 bits per heavy atom. The Labute approximate surface area is 169 Å². The Balaban J connectivity index is 2.01. The highest BCUT2D eigenvalue weighted by Crippen LogP contribution is 2.27. The Kier molecular flexibility index (Phi) is 7.79. The van der Waals surface area contributed by atoms with E-state index in [1.165, 1.54) is 54.4 Å². The molecule has 0 saturated heterocycles. The van der Waals surface area contributed by atoms with Gasteiger partial charge in [-0.05, 0) is 48.9 Å². The van der Waals surface area contributed by atoms with E-state index >= 15 is 0 Å². The maximum absolute atomic E-state index is 13.0. The first-order valence-corrected chi connectivity index (χ1v) is 10.5. The number of carbonyl (C=O) groups excluding carboxylic acids is 1. The monoisotopic (exact) mass is 428 g/mol. The molecule has 9 heteroatoms. The van der Waals surface area contributed by atoms with Crippen LogP contribution in [0.3, 0.4) is 0 Å². The molecular formula is C19H22ClFN2O4S. The Morgan fingerprint density at radius 2 is 1.89 bits per heavy atom. The molecule has 0 atom stereocenters. The van der Waals surface area contributed by atoms with Crippen molar-refractivity contribution in [2.45, 2.75) is 24.7 Å². The number of carbonyl (C=O) groups is 1. The van der Waals surface area contributed by atoms with Crippen LogP contribution in [-0.4, -0.2) is 34.5 Å². The van der Waals surface area contributed by atoms with E-state index in [0.29, 0.717) is 12.2 Å². The Morgan fingerprint density at radius 1 is 1.21 bits per heavy atom. The van der Waals surface area contributed by atoms with Gasteiger partial charge in [-0.25, -0.2) is 17.5 Å². The van der Waals surface area contributed by atoms with Crippen molar-refractivity contribution >= 4 is 33.2 Å². The first kappa shape index (κ1) is 22.1. The molecule has 0 radical (unpaired) electrons. The van der Waals surface area contributed by atoms with E-state index in [-0.39, 0.29) is 28.2 Å². The minimum atomic E-state index is -3.65. The molecule has 28 heavy (non-hydrogen) atoms. The number of nitrogens with zero attached hydrogens (tertiary/aromatic N) is 1. The van der Waals surface area contributed by atoms with E-state index in [1.807, 2.05) is 6.92 Å². The number of likely N-dealkylation sites (N-methyl/N-ethyl adjacent to an activating group) is 1. The third kappa shape index (κ3) is 5.92. The summed E-state index contributed by atoms with van der Waals surface area (Å²) >= 11 is 6.11. The number of amides is 1. The van der Waals surface area contributed by atoms with Crippen LogP contribution in [0.2, 0.25) is 5.02 Å². The van der Waals surface area contributed by atoms with Gasteiger partial charge >= 0.3 is 0 Å². The summed E-state index contributed by atoms with van der Waals surface area (Å²) in [5.41, 5.74) is 0.515. The highest BCUT2D eigenvalue weighted by molar-refractivity contribution is 7.89. The van der Waals surface area contributed by atoms with E-state index in [2.05, 4.69) is 4.72 Å². The number of ether oxygens (including phenoxy) is 1. The molecule has 0 aromatic heterocycles. The third-order valence-electron chi connectivity index (χ3n) is 3.98. The summed E-state index contributed by atoms with van der Waals surface area (Å²) in [4.78, 5) is 13.6. The molecule has 152 valence electrons. The van der Waals surface area contributed by atoms with E-state index in [4.69, 9.17) is 16.3 Å². The van der Waals surface area contributed by atoms with E-state index in [1.54, 1.807) is 0 Å². The first-order chi connectivity index (χ1) is 13.2. The zero-order valence-electron chi connectivity index (χ0n) is 15.6. The number of unbranched alkanes of at least 4 members (excludes halogenated alkanes) is 1. The average molecular weight is 429 g/mol. The largest absolute Gasteiger partial charge is 0.482 e. The van der Waals surface area contributed by atoms with Gasteiger partial charge in [-0.1, -0.05) is 24.9 Å². The fourth-order valence-electron chi connectivity index (χ4n) is 2.28. The summed E-state index contributed by atoms with van der Waals surface area (Å²) in [6.07, 6.45) is 1.61. The maximum atomic E-state index is 13.0. The molecule has 2 rings (SSSR count). The molecule has 0 aliphatic heterocycles. The van der Waals surface area contributed by atoms with Crippen molar-refractivity contribution in [1.82, 2.24) is 4.72 Å². The van der Waals surface area contributed by atoms with Gasteiger partial charge in [0.1, 0.15) is 11.6 Å². The predicted molar refractivity (Wildman–Crippen MR) is 107 cm³/mol. The fourth-order valence-corrected chi connectivity index (χ4v) is 3.68. The lowest BCUT2D eigenvalue weighted by Gasteiger charge is -2.18. The molecule has 1 amide bonds. The van der Waals surface area contributed by atoms with Gasteiger partial charge in [-0.15, -0.1) is 0 Å². The molecule has 0 aliphatic rings. The zero-order chi connectivity index (χ0) is 20.7. The molecule has 0 bridgehead atoms. The smallest absolute Gasteiger partial charge is 0.264 e. The lowest BCUT2D eigenvalue weighted by atomic mass is 10.3. The molecule has 6 nitrogen and oxygen atoms in total. The minimum absolute atomic E-state index is 0.0238. The van der Waals surface area contributed by atoms with E-state index in [0.717, 1.165) is 12.8 Å². The SMILES string of the molecule is CCCCNS(=O)(=O)c1ccc(OCC(=O)N(C)c2ccc(F)cc2)c(Cl)c1. The van der Waals surface area contributed by atoms with Crippen LogP contribution in [0.4, 0.5) is 10.1 Å². The van der Waals surface area contributed by atoms with Crippen LogP contribution in [0.5, 0.6) is 5.75 Å². The number of hydrogen-bond acceptors (Lipinski definition) is 4. The van der Waals surface area contributed by atoms with Crippen LogP contribution in [-0.2, 0) is 14.8 Å². The van der Waals surface area contributed by atoms with Gasteiger partial charge in [-0.2, -0.15) is 0 Å². The Hall–Kier alpha value is -2.16. The van der Waals surface area contributed by atoms with Crippen molar-refractivity contribution in [3.63, 3.8) is 0 Å². The zero-order valence-corrected chi connectivity index (χ0v) is 17.2. The lowest BCUT2D eigenvalue weighted by Crippen LogP contribution is -2.31. The number of sulfonamides is 1. The van der Waals surface area contributed by atoms with Crippen molar-refractivity contribution in [3.05, 3.63) is 53.3 Å². The van der Waals surface area contributed by atoms with Crippen LogP contribution in [0.15, 0.2) is 47.4 Å². The Bertz CT molecular complexity index is 920. The third-order valence-corrected chi connectivity index (χ3v) is 5.73. The van der Waals surface area contributed by atoms with Gasteiger partial charge in [0, 0.05) is 19.3 Å². The first-order valence-electron chi connectivity index (χ1n) is 8.68. The molecule has 0 heterocycles. The van der Waals surface area contributed by atoms with Crippen molar-refractivity contribution in [1.29, 1.82) is 0 Å². The standard InChI is InChI=1S/C19H22ClFN2O4S/c1-3-4-11-22-28(25,26)16-9-10-18(17(20)12-16)27-13-19(24)23(2)15-7-5-14(21)6-8-15/h5-10,12,22H,3-4,11,13H2,1-2H3. The molecule has 0 spiro atoms. The van der Waals surface area contributed by atoms with Gasteiger partial charge in [-0.3, -0.25) is 4.79 Å². The highest BCUT2D eigenvalue weighted by Gasteiger charge is 2.17. The van der Waals surface area contributed by atoms with Crippen molar-refractivity contribution in [2.75, 3.05) is 25.1 Å². The minimum Gasteiger partial charge on any atom is -0.482 e. The average Bonchev–Trinajstić information content (AvgIpc) is 2.67. The summed E-state index contributed by atoms with van der Waals surface area (Å²) in [5.74, 6) is -0.581. The number of nitrogens with one attached hydrogen (secondary N) is 1. The highest BCUT2D eigenvalue weighted by atomic mass is 35.5. The lowest BCUT2D eigenvalue weighted by molar-refractivity contribution is -0.120. The second-order valence-corrected chi connectivity index (χ2v) is 8.24. The van der Waals surface area contributed by atoms with Crippen LogP contribution in [0.1, 0.15) is 19.8 Å². The van der Waals surface area contributed by atoms with Gasteiger partial charge in [0.2, 0.25) is 10.0 Å². The predicted octanol–water partition coefficient (Wildman–Crippen LogP) is 3.60. The van der Waals surface area contributed by atoms with Gasteiger partial charge in [0.25, 0.3) is 5.91 Å². The van der Waals surface area contributed by atoms with Crippen molar-refractivity contribution in [3.8, 4) is 5.75 Å². The summed E-state index contributed by atoms with van der Waals surface area (Å²) in [5, 5.41) is 0.0793. The molecule has 2 aromatic rings. The topological polar surface area (TPSA) is 75.7 Å². The maximum Gasteiger partial charge on any atom is 0.264 e. The normalized spacial score (nSPS) is 11.3. The second-order valence-electron chi connectivity index (χ2n) is 6.06. The number of anilines is 1. The second kappa shape index (κ2) is 9.86. The van der Waals surface area contributed by atoms with Crippen molar-refractivity contribution < 1.29 is 22.3 Å². The summed E-state index contributed by atoms with van der Waals surface area (Å²) < 4.78 is 45.3. The molecule has 0 fully saturated rings. The number of rotatable bonds is 9. The quantitative estimate of drug-likeness (QED) is 0.619. The van der Waals surface area contributed by atoms with Crippen LogP contribution >= 0.6 is 11.6 Å². The molecule has 0 unspecified atom stereocenters. The van der Waals surface area contributed by atoms with Gasteiger partial charge < -0.3 is 9.64 Å². The summed E-state index contributed by atoms with van der Waals surface area (Å²) in [6, 6.07) is 9.51. The van der Waals surface area contributed by atoms with Crippen LogP contribution < -0.4 is 14.4 Å². The van der Waals surface area contributed by atoms with Crippen molar-refractivity contribution in [2.24, 2.45) is 0 Å². The fraction of sp³-hybridized carbons (Fsp3) is 0.316. The summed E-state index contributed by atoms with van der Waals surface area (Å²) in [7, 11) is -2.11. The summed E-state index contributed by atoms with van der Waals surface area (Å²) in [6.45, 7) is 2.00. The number of halogens is 2. The number of benzene rings is 2. The molecule has 0 aliphatic carbocycles. The molecule has 2 aromatic carbocycles. The number of hydrogen-bond donors (Lipinski definition) is 1. The molecular weight excluding hydrogens is 407 g/mol. The molecule has 0 saturated carbocycles. The van der Waals surface area contributed by atoms with Crippen LogP contribution in [0, 0.1) is 5.82 Å². The van der Waals surface area contributed by atoms with Gasteiger partial charge in [0.05, 0.1) is 9.92 Å². The van der Waals surface area contributed by atoms with E-state index in [9.17, 15) is 17.6 Å². The van der Waals surface area contributed by atoms with Crippen LogP contribution in [0.25, 0.3) is 0 Å².